The van der Waals surface area contributed by atoms with Crippen LogP contribution in [0.25, 0.3) is 22.2 Å². The molecule has 0 aliphatic heterocycles. The van der Waals surface area contributed by atoms with Crippen molar-refractivity contribution >= 4 is 33.7 Å². The fraction of sp³-hybridized carbons (Fsp3) is 0.208. The Labute approximate surface area is 185 Å². The van der Waals surface area contributed by atoms with Crippen LogP contribution in [-0.4, -0.2) is 43.7 Å². The molecule has 5 rings (SSSR count). The summed E-state index contributed by atoms with van der Waals surface area (Å²) < 4.78 is 6.92. The fourth-order valence-corrected chi connectivity index (χ4v) is 3.69. The summed E-state index contributed by atoms with van der Waals surface area (Å²) in [5.74, 6) is 0.651. The Morgan fingerprint density at radius 1 is 1.00 bits per heavy atom. The van der Waals surface area contributed by atoms with Gasteiger partial charge in [-0.1, -0.05) is 29.5 Å². The van der Waals surface area contributed by atoms with Gasteiger partial charge >= 0.3 is 0 Å². The molecule has 5 aromatic rings. The van der Waals surface area contributed by atoms with Gasteiger partial charge in [0.25, 0.3) is 0 Å². The van der Waals surface area contributed by atoms with E-state index in [1.165, 1.54) is 5.56 Å². The lowest BCUT2D eigenvalue weighted by Gasteiger charge is -2.08. The molecule has 0 aliphatic carbocycles. The Hall–Kier alpha value is -3.91. The highest BCUT2D eigenvalue weighted by atomic mass is 16.5. The van der Waals surface area contributed by atoms with Crippen LogP contribution in [0.3, 0.4) is 0 Å². The number of hydrogen-bond donors (Lipinski definition) is 1. The first-order valence-electron chi connectivity index (χ1n) is 10.5. The minimum absolute atomic E-state index is 0.520. The van der Waals surface area contributed by atoms with Crippen LogP contribution in [0.5, 0.6) is 0 Å². The second-order valence-electron chi connectivity index (χ2n) is 7.60. The predicted molar refractivity (Wildman–Crippen MR) is 124 cm³/mol. The third-order valence-corrected chi connectivity index (χ3v) is 5.24. The summed E-state index contributed by atoms with van der Waals surface area (Å²) in [7, 11) is 1.73. The summed E-state index contributed by atoms with van der Waals surface area (Å²) in [5, 5.41) is 12.9. The van der Waals surface area contributed by atoms with Crippen molar-refractivity contribution in [3.63, 3.8) is 0 Å². The first-order valence-corrected chi connectivity index (χ1v) is 10.5. The Bertz CT molecular complexity index is 1370. The van der Waals surface area contributed by atoms with Crippen molar-refractivity contribution < 1.29 is 4.74 Å². The average Bonchev–Trinajstić information content (AvgIpc) is 3.21. The number of aryl methyl sites for hydroxylation is 1. The summed E-state index contributed by atoms with van der Waals surface area (Å²) >= 11 is 0. The number of aromatic nitrogens is 6. The maximum Gasteiger partial charge on any atom is 0.221 e. The van der Waals surface area contributed by atoms with Gasteiger partial charge in [0, 0.05) is 31.0 Å². The Balaban J connectivity index is 1.37. The Morgan fingerprint density at radius 2 is 1.97 bits per heavy atom. The van der Waals surface area contributed by atoms with Crippen LogP contribution in [-0.2, 0) is 17.7 Å². The van der Waals surface area contributed by atoms with E-state index in [1.807, 2.05) is 30.3 Å². The molecule has 32 heavy (non-hydrogen) atoms. The summed E-state index contributed by atoms with van der Waals surface area (Å²) in [4.78, 5) is 13.5. The van der Waals surface area contributed by atoms with Crippen LogP contribution in [0.4, 0.5) is 11.5 Å². The van der Waals surface area contributed by atoms with E-state index in [-0.39, 0.29) is 0 Å². The van der Waals surface area contributed by atoms with E-state index in [1.54, 1.807) is 24.2 Å². The van der Waals surface area contributed by atoms with Gasteiger partial charge < -0.3 is 10.1 Å². The highest BCUT2D eigenvalue weighted by Gasteiger charge is 2.10. The molecule has 0 atom stereocenters. The van der Waals surface area contributed by atoms with Crippen molar-refractivity contribution in [1.82, 2.24) is 29.9 Å². The maximum atomic E-state index is 5.15. The molecule has 0 saturated heterocycles. The lowest BCUT2D eigenvalue weighted by molar-refractivity contribution is 0.195. The van der Waals surface area contributed by atoms with Crippen molar-refractivity contribution in [2.45, 2.75) is 19.4 Å². The standard InChI is InChI=1S/C24H23N7O/c1-32-12-4-6-17-5-2-8-20(14-17)27-22-15-26-23-24(28-22)31(30-29-23)16-18-9-10-21-19(13-18)7-3-11-25-21/h2-3,5,7-11,13-15H,4,6,12,16H2,1H3,(H,27,28). The third kappa shape index (κ3) is 4.40. The highest BCUT2D eigenvalue weighted by molar-refractivity contribution is 5.79. The number of fused-ring (bicyclic) bond motifs is 2. The molecule has 0 spiro atoms. The zero-order chi connectivity index (χ0) is 21.8. The molecule has 8 heteroatoms. The number of pyridine rings is 1. The van der Waals surface area contributed by atoms with E-state index in [2.05, 4.69) is 49.9 Å². The summed E-state index contributed by atoms with van der Waals surface area (Å²) in [6.07, 6.45) is 5.43. The van der Waals surface area contributed by atoms with E-state index >= 15 is 0 Å². The minimum Gasteiger partial charge on any atom is -0.385 e. The number of nitrogens with zero attached hydrogens (tertiary/aromatic N) is 6. The first kappa shape index (κ1) is 20.0. The van der Waals surface area contributed by atoms with Crippen LogP contribution in [0.1, 0.15) is 17.5 Å². The molecular weight excluding hydrogens is 402 g/mol. The van der Waals surface area contributed by atoms with Crippen molar-refractivity contribution in [3.05, 3.63) is 78.1 Å². The van der Waals surface area contributed by atoms with Gasteiger partial charge in [-0.15, -0.1) is 5.10 Å². The third-order valence-electron chi connectivity index (χ3n) is 5.24. The lowest BCUT2D eigenvalue weighted by Crippen LogP contribution is -2.04. The normalized spacial score (nSPS) is 11.3. The molecule has 0 amide bonds. The van der Waals surface area contributed by atoms with Crippen molar-refractivity contribution in [3.8, 4) is 0 Å². The SMILES string of the molecule is COCCCc1cccc(Nc2cnc3nnn(Cc4ccc5ncccc5c4)c3n2)c1. The van der Waals surface area contributed by atoms with Crippen molar-refractivity contribution in [1.29, 1.82) is 0 Å². The average molecular weight is 425 g/mol. The molecule has 160 valence electrons. The van der Waals surface area contributed by atoms with Gasteiger partial charge in [0.15, 0.2) is 11.5 Å². The highest BCUT2D eigenvalue weighted by Crippen LogP contribution is 2.19. The molecule has 0 unspecified atom stereocenters. The number of rotatable bonds is 8. The molecular formula is C24H23N7O. The van der Waals surface area contributed by atoms with Crippen molar-refractivity contribution in [2.75, 3.05) is 19.0 Å². The minimum atomic E-state index is 0.520. The van der Waals surface area contributed by atoms with E-state index in [4.69, 9.17) is 9.72 Å². The van der Waals surface area contributed by atoms with E-state index < -0.39 is 0 Å². The molecule has 0 saturated carbocycles. The van der Waals surface area contributed by atoms with Crippen LogP contribution in [0.2, 0.25) is 0 Å². The summed E-state index contributed by atoms with van der Waals surface area (Å²) in [6, 6.07) is 18.5. The number of benzene rings is 2. The number of anilines is 2. The van der Waals surface area contributed by atoms with Gasteiger partial charge in [-0.05, 0) is 54.3 Å². The Kier molecular flexibility index (Phi) is 5.67. The van der Waals surface area contributed by atoms with Gasteiger partial charge in [0.2, 0.25) is 5.65 Å². The summed E-state index contributed by atoms with van der Waals surface area (Å²) in [5.41, 5.74) is 5.44. The molecule has 0 bridgehead atoms. The quantitative estimate of drug-likeness (QED) is 0.374. The van der Waals surface area contributed by atoms with Gasteiger partial charge in [0.05, 0.1) is 18.3 Å². The second kappa shape index (κ2) is 9.07. The van der Waals surface area contributed by atoms with Gasteiger partial charge in [-0.2, -0.15) is 0 Å². The van der Waals surface area contributed by atoms with Gasteiger partial charge in [-0.3, -0.25) is 4.98 Å². The summed E-state index contributed by atoms with van der Waals surface area (Å²) in [6.45, 7) is 1.30. The molecule has 3 heterocycles. The number of ether oxygens (including phenoxy) is 1. The number of nitrogens with one attached hydrogen (secondary N) is 1. The van der Waals surface area contributed by atoms with Crippen molar-refractivity contribution in [2.24, 2.45) is 0 Å². The van der Waals surface area contributed by atoms with E-state index in [0.29, 0.717) is 23.7 Å². The van der Waals surface area contributed by atoms with Gasteiger partial charge in [0.1, 0.15) is 0 Å². The fourth-order valence-electron chi connectivity index (χ4n) is 3.69. The largest absolute Gasteiger partial charge is 0.385 e. The topological polar surface area (TPSA) is 90.6 Å². The lowest BCUT2D eigenvalue weighted by atomic mass is 10.1. The maximum absolute atomic E-state index is 5.15. The van der Waals surface area contributed by atoms with Crippen LogP contribution in [0.15, 0.2) is 67.0 Å². The van der Waals surface area contributed by atoms with E-state index in [0.717, 1.165) is 41.6 Å². The predicted octanol–water partition coefficient (Wildman–Crippen LogP) is 4.14. The zero-order valence-electron chi connectivity index (χ0n) is 17.8. The number of hydrogen-bond acceptors (Lipinski definition) is 7. The molecule has 1 N–H and O–H groups in total. The molecule has 2 aromatic carbocycles. The monoisotopic (exact) mass is 425 g/mol. The van der Waals surface area contributed by atoms with Crippen LogP contribution >= 0.6 is 0 Å². The second-order valence-corrected chi connectivity index (χ2v) is 7.60. The molecule has 0 radical (unpaired) electrons. The van der Waals surface area contributed by atoms with E-state index in [9.17, 15) is 0 Å². The Morgan fingerprint density at radius 3 is 2.91 bits per heavy atom. The van der Waals surface area contributed by atoms with Crippen LogP contribution < -0.4 is 5.32 Å². The van der Waals surface area contributed by atoms with Gasteiger partial charge in [-0.25, -0.2) is 14.6 Å². The smallest absolute Gasteiger partial charge is 0.221 e. The molecule has 8 nitrogen and oxygen atoms in total. The molecule has 0 aliphatic rings. The first-order chi connectivity index (χ1) is 15.8. The molecule has 0 fully saturated rings. The van der Waals surface area contributed by atoms with Crippen LogP contribution in [0, 0.1) is 0 Å². The molecule has 3 aromatic heterocycles. The number of methoxy groups -OCH3 is 1. The zero-order valence-corrected chi connectivity index (χ0v) is 17.8.